The first kappa shape index (κ1) is 14.2. The summed E-state index contributed by atoms with van der Waals surface area (Å²) < 4.78 is 0.954. The Hall–Kier alpha value is -1.24. The lowest BCUT2D eigenvalue weighted by atomic mass is 10.1. The number of aromatic nitrogens is 3. The molecule has 0 spiro atoms. The van der Waals surface area contributed by atoms with Crippen LogP contribution in [0, 0.1) is 16.4 Å². The lowest BCUT2D eigenvalue weighted by Gasteiger charge is -2.10. The van der Waals surface area contributed by atoms with Crippen molar-refractivity contribution in [3.63, 3.8) is 0 Å². The lowest BCUT2D eigenvalue weighted by molar-refractivity contribution is 0.632. The van der Waals surface area contributed by atoms with E-state index in [0.29, 0.717) is 17.6 Å². The highest BCUT2D eigenvalue weighted by Gasteiger charge is 2.12. The van der Waals surface area contributed by atoms with Gasteiger partial charge in [-0.15, -0.1) is 0 Å². The fraction of sp³-hybridized carbons (Fsp3) is 0.357. The standard InChI is InChI=1S/C14H17IN4/c1-8(2)6-11-12(15)13(16)19-14(18-11)10-5-4-9(3)17-7-10/h4-5,7-8H,6H2,1-3H3,(H2,16,18,19). The molecule has 0 unspecified atom stereocenters. The number of nitrogens with two attached hydrogens (primary N) is 1. The highest BCUT2D eigenvalue weighted by molar-refractivity contribution is 14.1. The Morgan fingerprint density at radius 2 is 2.00 bits per heavy atom. The summed E-state index contributed by atoms with van der Waals surface area (Å²) in [5.41, 5.74) is 8.88. The molecule has 0 saturated carbocycles. The average Bonchev–Trinajstić information content (AvgIpc) is 2.35. The van der Waals surface area contributed by atoms with Crippen molar-refractivity contribution in [2.75, 3.05) is 5.73 Å². The van der Waals surface area contributed by atoms with Crippen LogP contribution in [0.3, 0.4) is 0 Å². The summed E-state index contributed by atoms with van der Waals surface area (Å²) >= 11 is 2.21. The highest BCUT2D eigenvalue weighted by Crippen LogP contribution is 2.23. The van der Waals surface area contributed by atoms with Crippen LogP contribution in [0.1, 0.15) is 25.2 Å². The van der Waals surface area contributed by atoms with Crippen molar-refractivity contribution < 1.29 is 0 Å². The Bertz CT molecular complexity index is 579. The van der Waals surface area contributed by atoms with Gasteiger partial charge < -0.3 is 5.73 Å². The second-order valence-corrected chi connectivity index (χ2v) is 6.06. The minimum atomic E-state index is 0.534. The van der Waals surface area contributed by atoms with Crippen LogP contribution in [-0.2, 0) is 6.42 Å². The molecule has 0 aliphatic heterocycles. The topological polar surface area (TPSA) is 64.7 Å². The molecule has 2 aromatic heterocycles. The summed E-state index contributed by atoms with van der Waals surface area (Å²) in [6.07, 6.45) is 2.69. The van der Waals surface area contributed by atoms with E-state index in [0.717, 1.165) is 26.9 Å². The number of halogens is 1. The number of aryl methyl sites for hydroxylation is 1. The molecule has 0 aliphatic rings. The Labute approximate surface area is 127 Å². The van der Waals surface area contributed by atoms with Gasteiger partial charge in [0, 0.05) is 17.5 Å². The van der Waals surface area contributed by atoms with Gasteiger partial charge in [-0.3, -0.25) is 4.98 Å². The molecule has 0 fully saturated rings. The van der Waals surface area contributed by atoms with Crippen LogP contribution in [0.5, 0.6) is 0 Å². The number of hydrogen-bond acceptors (Lipinski definition) is 4. The molecular formula is C14H17IN4. The minimum Gasteiger partial charge on any atom is -0.383 e. The Kier molecular flexibility index (Phi) is 4.34. The van der Waals surface area contributed by atoms with E-state index in [-0.39, 0.29) is 0 Å². The predicted molar refractivity (Wildman–Crippen MR) is 85.7 cm³/mol. The van der Waals surface area contributed by atoms with Gasteiger partial charge in [-0.05, 0) is 54.0 Å². The Morgan fingerprint density at radius 1 is 1.26 bits per heavy atom. The van der Waals surface area contributed by atoms with Crippen LogP contribution in [0.25, 0.3) is 11.4 Å². The molecule has 0 radical (unpaired) electrons. The summed E-state index contributed by atoms with van der Waals surface area (Å²) in [7, 11) is 0. The van der Waals surface area contributed by atoms with Gasteiger partial charge in [-0.25, -0.2) is 9.97 Å². The van der Waals surface area contributed by atoms with Crippen molar-refractivity contribution in [3.05, 3.63) is 33.3 Å². The number of hydrogen-bond donors (Lipinski definition) is 1. The van der Waals surface area contributed by atoms with E-state index in [1.54, 1.807) is 6.20 Å². The molecule has 2 N–H and O–H groups in total. The van der Waals surface area contributed by atoms with Crippen LogP contribution in [0.15, 0.2) is 18.3 Å². The number of nitrogen functional groups attached to an aromatic ring is 1. The molecule has 0 bridgehead atoms. The normalized spacial score (nSPS) is 11.0. The van der Waals surface area contributed by atoms with Crippen LogP contribution >= 0.6 is 22.6 Å². The summed E-state index contributed by atoms with van der Waals surface area (Å²) in [4.78, 5) is 13.3. The fourth-order valence-electron chi connectivity index (χ4n) is 1.76. The van der Waals surface area contributed by atoms with E-state index in [9.17, 15) is 0 Å². The monoisotopic (exact) mass is 368 g/mol. The molecule has 0 amide bonds. The van der Waals surface area contributed by atoms with E-state index < -0.39 is 0 Å². The zero-order valence-corrected chi connectivity index (χ0v) is 13.5. The molecule has 2 aromatic rings. The van der Waals surface area contributed by atoms with Gasteiger partial charge in [0.2, 0.25) is 0 Å². The first-order valence-corrected chi connectivity index (χ1v) is 7.30. The molecule has 4 nitrogen and oxygen atoms in total. The maximum absolute atomic E-state index is 5.99. The van der Waals surface area contributed by atoms with Gasteiger partial charge in [0.1, 0.15) is 5.82 Å². The van der Waals surface area contributed by atoms with E-state index in [4.69, 9.17) is 5.73 Å². The molecule has 2 heterocycles. The van der Waals surface area contributed by atoms with Crippen LogP contribution in [0.2, 0.25) is 0 Å². The van der Waals surface area contributed by atoms with Crippen LogP contribution in [0.4, 0.5) is 5.82 Å². The SMILES string of the molecule is Cc1ccc(-c2nc(N)c(I)c(CC(C)C)n2)cn1. The number of pyridine rings is 1. The quantitative estimate of drug-likeness (QED) is 0.845. The smallest absolute Gasteiger partial charge is 0.163 e. The van der Waals surface area contributed by atoms with E-state index >= 15 is 0 Å². The predicted octanol–water partition coefficient (Wildman–Crippen LogP) is 3.23. The van der Waals surface area contributed by atoms with Crippen molar-refractivity contribution in [2.45, 2.75) is 27.2 Å². The molecule has 19 heavy (non-hydrogen) atoms. The highest BCUT2D eigenvalue weighted by atomic mass is 127. The third-order valence-electron chi connectivity index (χ3n) is 2.72. The maximum atomic E-state index is 5.99. The summed E-state index contributed by atoms with van der Waals surface area (Å²) in [6.45, 7) is 6.29. The molecule has 0 aliphatic carbocycles. The lowest BCUT2D eigenvalue weighted by Crippen LogP contribution is -2.07. The van der Waals surface area contributed by atoms with E-state index in [1.807, 2.05) is 19.1 Å². The zero-order valence-electron chi connectivity index (χ0n) is 11.3. The number of nitrogens with zero attached hydrogens (tertiary/aromatic N) is 3. The van der Waals surface area contributed by atoms with Crippen molar-refractivity contribution in [3.8, 4) is 11.4 Å². The van der Waals surface area contributed by atoms with E-state index in [2.05, 4.69) is 51.4 Å². The zero-order chi connectivity index (χ0) is 14.0. The largest absolute Gasteiger partial charge is 0.383 e. The van der Waals surface area contributed by atoms with Gasteiger partial charge >= 0.3 is 0 Å². The Morgan fingerprint density at radius 3 is 2.58 bits per heavy atom. The van der Waals surface area contributed by atoms with Crippen molar-refractivity contribution in [2.24, 2.45) is 5.92 Å². The van der Waals surface area contributed by atoms with Crippen molar-refractivity contribution >= 4 is 28.4 Å². The molecule has 0 saturated heterocycles. The molecule has 100 valence electrons. The third kappa shape index (κ3) is 3.40. The van der Waals surface area contributed by atoms with Crippen molar-refractivity contribution in [1.82, 2.24) is 15.0 Å². The summed E-state index contributed by atoms with van der Waals surface area (Å²) in [5, 5.41) is 0. The fourth-order valence-corrected chi connectivity index (χ4v) is 2.23. The third-order valence-corrected chi connectivity index (χ3v) is 3.89. The number of rotatable bonds is 3. The average molecular weight is 368 g/mol. The minimum absolute atomic E-state index is 0.534. The number of anilines is 1. The summed E-state index contributed by atoms with van der Waals surface area (Å²) in [5.74, 6) is 1.73. The molecule has 2 rings (SSSR count). The van der Waals surface area contributed by atoms with Crippen molar-refractivity contribution in [1.29, 1.82) is 0 Å². The van der Waals surface area contributed by atoms with Gasteiger partial charge in [0.05, 0.1) is 9.26 Å². The first-order chi connectivity index (χ1) is 8.97. The molecule has 0 atom stereocenters. The van der Waals surface area contributed by atoms with E-state index in [1.165, 1.54) is 0 Å². The summed E-state index contributed by atoms with van der Waals surface area (Å²) in [6, 6.07) is 3.93. The van der Waals surface area contributed by atoms with Crippen LogP contribution in [-0.4, -0.2) is 15.0 Å². The van der Waals surface area contributed by atoms with Gasteiger partial charge in [0.15, 0.2) is 5.82 Å². The maximum Gasteiger partial charge on any atom is 0.163 e. The second kappa shape index (κ2) is 5.81. The molecular weight excluding hydrogens is 351 g/mol. The Balaban J connectivity index is 2.46. The molecule has 5 heteroatoms. The van der Waals surface area contributed by atoms with Crippen LogP contribution < -0.4 is 5.73 Å². The van der Waals surface area contributed by atoms with Gasteiger partial charge in [-0.2, -0.15) is 0 Å². The first-order valence-electron chi connectivity index (χ1n) is 6.22. The van der Waals surface area contributed by atoms with Gasteiger partial charge in [0.25, 0.3) is 0 Å². The van der Waals surface area contributed by atoms with Gasteiger partial charge in [-0.1, -0.05) is 13.8 Å². The second-order valence-electron chi connectivity index (χ2n) is 4.98. The molecule has 0 aromatic carbocycles.